The van der Waals surface area contributed by atoms with Gasteiger partial charge in [0.2, 0.25) is 5.91 Å². The smallest absolute Gasteiger partial charge is 0.417 e. The van der Waals surface area contributed by atoms with Crippen molar-refractivity contribution < 1.29 is 27.1 Å². The van der Waals surface area contributed by atoms with Crippen molar-refractivity contribution in [1.82, 2.24) is 19.8 Å². The lowest BCUT2D eigenvalue weighted by Gasteiger charge is -2.42. The molecule has 5 rings (SSSR count). The number of nitrogens with zero attached hydrogens (tertiary/aromatic N) is 5. The molecule has 5 atom stereocenters. The summed E-state index contributed by atoms with van der Waals surface area (Å²) in [6, 6.07) is 1.29. The number of amides is 1. The number of likely N-dealkylation sites (tertiary alicyclic amines) is 1. The van der Waals surface area contributed by atoms with Crippen LogP contribution in [0.25, 0.3) is 0 Å². The first-order valence-electron chi connectivity index (χ1n) is 15.3. The van der Waals surface area contributed by atoms with E-state index in [-0.39, 0.29) is 47.6 Å². The number of hydrogen-bond acceptors (Lipinski definition) is 7. The average molecular weight is 619 g/mol. The molecule has 1 aromatic carbocycles. The third kappa shape index (κ3) is 6.09. The highest BCUT2D eigenvalue weighted by Crippen LogP contribution is 2.47. The van der Waals surface area contributed by atoms with Gasteiger partial charge in [0.1, 0.15) is 18.2 Å². The van der Waals surface area contributed by atoms with Crippen molar-refractivity contribution in [3.8, 4) is 6.01 Å². The SMILES string of the molecule is C=CC(=O)N1CCN(c2nc(OC[C@@H]3C[C@@H](C)CN3C)nc3c2C[C@@H](C)[C@H](c2c(F)c(N)cc(C)c2C(F)(F)F)C3)[C@@H](C)C1. The Balaban J connectivity index is 1.55. The average Bonchev–Trinajstić information content (AvgIpc) is 3.28. The van der Waals surface area contributed by atoms with E-state index in [1.165, 1.54) is 13.0 Å². The van der Waals surface area contributed by atoms with Crippen molar-refractivity contribution in [3.63, 3.8) is 0 Å². The number of alkyl halides is 3. The molecule has 2 aliphatic heterocycles. The van der Waals surface area contributed by atoms with Crippen molar-refractivity contribution >= 4 is 17.4 Å². The van der Waals surface area contributed by atoms with Crippen molar-refractivity contribution in [3.05, 3.63) is 52.5 Å². The fraction of sp³-hybridized carbons (Fsp3) is 0.594. The predicted molar refractivity (Wildman–Crippen MR) is 161 cm³/mol. The van der Waals surface area contributed by atoms with Crippen LogP contribution in [0, 0.1) is 24.6 Å². The highest BCUT2D eigenvalue weighted by Gasteiger charge is 2.43. The van der Waals surface area contributed by atoms with Gasteiger partial charge in [-0.2, -0.15) is 23.1 Å². The van der Waals surface area contributed by atoms with Crippen LogP contribution in [0.2, 0.25) is 0 Å². The molecule has 0 radical (unpaired) electrons. The van der Waals surface area contributed by atoms with Gasteiger partial charge in [0.15, 0.2) is 0 Å². The summed E-state index contributed by atoms with van der Waals surface area (Å²) in [5.41, 5.74) is 5.46. The van der Waals surface area contributed by atoms with E-state index >= 15 is 4.39 Å². The maximum absolute atomic E-state index is 15.6. The van der Waals surface area contributed by atoms with E-state index in [4.69, 9.17) is 20.4 Å². The van der Waals surface area contributed by atoms with Gasteiger partial charge >= 0.3 is 12.2 Å². The van der Waals surface area contributed by atoms with E-state index < -0.39 is 29.0 Å². The zero-order valence-corrected chi connectivity index (χ0v) is 26.0. The molecule has 2 N–H and O–H groups in total. The largest absolute Gasteiger partial charge is 0.462 e. The molecule has 0 spiro atoms. The summed E-state index contributed by atoms with van der Waals surface area (Å²) in [6.45, 7) is 13.7. The standard InChI is InChI=1S/C32H42F4N6O2/c1-7-26(43)41-8-9-42(20(5)15-41)30-23-11-18(3)22(27-28(32(34,35)36)19(4)12-24(37)29(27)33)13-25(23)38-31(39-30)44-16-21-10-17(2)14-40(21)6/h7,12,17-18,20-22H,1,8-11,13-16,37H2,2-6H3/t17-,18-,20+,21+,22-/m1/s1. The molecule has 1 aromatic heterocycles. The number of benzene rings is 1. The summed E-state index contributed by atoms with van der Waals surface area (Å²) in [7, 11) is 2.05. The Labute approximate surface area is 256 Å². The number of anilines is 2. The minimum Gasteiger partial charge on any atom is -0.462 e. The molecule has 3 aliphatic rings. The molecule has 0 unspecified atom stereocenters. The third-order valence-electron chi connectivity index (χ3n) is 9.54. The third-order valence-corrected chi connectivity index (χ3v) is 9.54. The molecule has 44 heavy (non-hydrogen) atoms. The fourth-order valence-corrected chi connectivity index (χ4v) is 7.33. The zero-order chi connectivity index (χ0) is 32.1. The lowest BCUT2D eigenvalue weighted by molar-refractivity contribution is -0.139. The Hall–Kier alpha value is -3.41. The number of likely N-dealkylation sites (N-methyl/N-ethyl adjacent to an activating group) is 1. The number of rotatable bonds is 6. The molecular formula is C32H42F4N6O2. The summed E-state index contributed by atoms with van der Waals surface area (Å²) in [4.78, 5) is 28.0. The second-order valence-electron chi connectivity index (χ2n) is 12.9. The number of nitrogen functional groups attached to an aromatic ring is 1. The second kappa shape index (κ2) is 12.2. The number of nitrogens with two attached hydrogens (primary N) is 1. The maximum Gasteiger partial charge on any atom is 0.417 e. The molecular weight excluding hydrogens is 576 g/mol. The molecule has 2 saturated heterocycles. The normalized spacial score (nSPS) is 26.1. The Morgan fingerprint density at radius 2 is 1.91 bits per heavy atom. The maximum atomic E-state index is 15.6. The van der Waals surface area contributed by atoms with Gasteiger partial charge in [-0.3, -0.25) is 9.69 Å². The van der Waals surface area contributed by atoms with E-state index in [2.05, 4.69) is 30.4 Å². The number of fused-ring (bicyclic) bond motifs is 1. The van der Waals surface area contributed by atoms with Crippen LogP contribution in [0.3, 0.4) is 0 Å². The van der Waals surface area contributed by atoms with E-state index in [9.17, 15) is 18.0 Å². The van der Waals surface area contributed by atoms with E-state index in [0.717, 1.165) is 24.6 Å². The molecule has 1 amide bonds. The molecule has 2 aromatic rings. The predicted octanol–water partition coefficient (Wildman–Crippen LogP) is 4.99. The molecule has 2 fully saturated rings. The summed E-state index contributed by atoms with van der Waals surface area (Å²) < 4.78 is 64.8. The van der Waals surface area contributed by atoms with Crippen LogP contribution in [0.4, 0.5) is 29.1 Å². The van der Waals surface area contributed by atoms with Gasteiger partial charge in [0, 0.05) is 49.4 Å². The molecule has 1 aliphatic carbocycles. The summed E-state index contributed by atoms with van der Waals surface area (Å²) in [5.74, 6) is -1.15. The number of ether oxygens (including phenoxy) is 1. The first kappa shape index (κ1) is 32.0. The first-order chi connectivity index (χ1) is 20.7. The molecule has 0 bridgehead atoms. The van der Waals surface area contributed by atoms with Crippen molar-refractivity contribution in [1.29, 1.82) is 0 Å². The van der Waals surface area contributed by atoms with Crippen molar-refractivity contribution in [2.45, 2.75) is 71.1 Å². The van der Waals surface area contributed by atoms with Gasteiger partial charge in [-0.05, 0) is 75.6 Å². The number of carbonyl (C=O) groups excluding carboxylic acids is 1. The van der Waals surface area contributed by atoms with Gasteiger partial charge in [-0.25, -0.2) is 4.39 Å². The lowest BCUT2D eigenvalue weighted by atomic mass is 9.73. The number of aromatic nitrogens is 2. The summed E-state index contributed by atoms with van der Waals surface area (Å²) in [5, 5.41) is 0. The highest BCUT2D eigenvalue weighted by molar-refractivity contribution is 5.87. The van der Waals surface area contributed by atoms with Crippen LogP contribution < -0.4 is 15.4 Å². The summed E-state index contributed by atoms with van der Waals surface area (Å²) in [6.07, 6.45) is -2.05. The van der Waals surface area contributed by atoms with Crippen LogP contribution in [-0.4, -0.2) is 77.6 Å². The van der Waals surface area contributed by atoms with Gasteiger partial charge in [-0.1, -0.05) is 20.4 Å². The number of piperazine rings is 1. The second-order valence-corrected chi connectivity index (χ2v) is 12.9. The fourth-order valence-electron chi connectivity index (χ4n) is 7.33. The molecule has 3 heterocycles. The zero-order valence-electron chi connectivity index (χ0n) is 26.0. The van der Waals surface area contributed by atoms with E-state index in [1.807, 2.05) is 13.8 Å². The van der Waals surface area contributed by atoms with Gasteiger partial charge < -0.3 is 20.3 Å². The highest BCUT2D eigenvalue weighted by atomic mass is 19.4. The van der Waals surface area contributed by atoms with Crippen LogP contribution in [0.15, 0.2) is 18.7 Å². The minimum atomic E-state index is -4.75. The van der Waals surface area contributed by atoms with Crippen molar-refractivity contribution in [2.75, 3.05) is 50.5 Å². The summed E-state index contributed by atoms with van der Waals surface area (Å²) >= 11 is 0. The molecule has 0 saturated carbocycles. The number of halogens is 4. The lowest BCUT2D eigenvalue weighted by Crippen LogP contribution is -2.54. The quantitative estimate of drug-likeness (QED) is 0.278. The van der Waals surface area contributed by atoms with Crippen molar-refractivity contribution in [2.24, 2.45) is 11.8 Å². The van der Waals surface area contributed by atoms with Gasteiger partial charge in [0.25, 0.3) is 0 Å². The van der Waals surface area contributed by atoms with Gasteiger partial charge in [-0.15, -0.1) is 0 Å². The van der Waals surface area contributed by atoms with Crippen LogP contribution in [-0.2, 0) is 23.8 Å². The Bertz CT molecular complexity index is 1430. The molecule has 240 valence electrons. The molecule has 12 heteroatoms. The number of aryl methyl sites for hydroxylation is 1. The number of carbonyl (C=O) groups is 1. The Morgan fingerprint density at radius 1 is 1.18 bits per heavy atom. The monoisotopic (exact) mass is 618 g/mol. The molecule has 8 nitrogen and oxygen atoms in total. The Morgan fingerprint density at radius 3 is 2.52 bits per heavy atom. The van der Waals surface area contributed by atoms with Crippen LogP contribution in [0.1, 0.15) is 61.1 Å². The minimum absolute atomic E-state index is 0.0783. The van der Waals surface area contributed by atoms with Crippen LogP contribution >= 0.6 is 0 Å². The van der Waals surface area contributed by atoms with Crippen LogP contribution in [0.5, 0.6) is 6.01 Å². The van der Waals surface area contributed by atoms with E-state index in [1.54, 1.807) is 4.90 Å². The topological polar surface area (TPSA) is 87.8 Å². The Kier molecular flexibility index (Phi) is 8.85. The number of hydrogen-bond donors (Lipinski definition) is 1. The van der Waals surface area contributed by atoms with Gasteiger partial charge in [0.05, 0.1) is 16.9 Å². The first-order valence-corrected chi connectivity index (χ1v) is 15.3. The van der Waals surface area contributed by atoms with E-state index in [0.29, 0.717) is 50.1 Å².